The average molecular weight is 210 g/mol. The minimum Gasteiger partial charge on any atom is -0.481 e. The zero-order chi connectivity index (χ0) is 11.0. The molecule has 0 aromatic heterocycles. The molecule has 4 nitrogen and oxygen atoms in total. The lowest BCUT2D eigenvalue weighted by Gasteiger charge is -2.22. The van der Waals surface area contributed by atoms with E-state index in [0.717, 1.165) is 6.42 Å². The third-order valence-electron chi connectivity index (χ3n) is 3.30. The molecule has 4 atom stereocenters. The van der Waals surface area contributed by atoms with Crippen LogP contribution >= 0.6 is 0 Å². The van der Waals surface area contributed by atoms with Gasteiger partial charge in [-0.1, -0.05) is 12.2 Å². The summed E-state index contributed by atoms with van der Waals surface area (Å²) in [5.41, 5.74) is 0. The first-order chi connectivity index (χ1) is 7.15. The minimum atomic E-state index is -0.884. The molecule has 0 aromatic carbocycles. The Morgan fingerprint density at radius 3 is 2.47 bits per heavy atom. The summed E-state index contributed by atoms with van der Waals surface area (Å²) < 4.78 is 4.92. The lowest BCUT2D eigenvalue weighted by molar-refractivity contribution is -0.158. The maximum atomic E-state index is 11.6. The number of rotatable bonds is 3. The van der Waals surface area contributed by atoms with E-state index in [1.807, 2.05) is 12.2 Å². The lowest BCUT2D eigenvalue weighted by Crippen LogP contribution is -2.34. The van der Waals surface area contributed by atoms with Crippen molar-refractivity contribution in [1.29, 1.82) is 0 Å². The number of hydrogen-bond acceptors (Lipinski definition) is 3. The van der Waals surface area contributed by atoms with Crippen molar-refractivity contribution in [2.45, 2.75) is 13.3 Å². The van der Waals surface area contributed by atoms with E-state index in [4.69, 9.17) is 9.84 Å². The molecule has 0 saturated heterocycles. The monoisotopic (exact) mass is 210 g/mol. The van der Waals surface area contributed by atoms with Crippen LogP contribution in [0.5, 0.6) is 0 Å². The Morgan fingerprint density at radius 1 is 1.33 bits per heavy atom. The van der Waals surface area contributed by atoms with Gasteiger partial charge in [0.2, 0.25) is 0 Å². The molecule has 0 radical (unpaired) electrons. The smallest absolute Gasteiger partial charge is 0.310 e. The Labute approximate surface area is 87.9 Å². The number of carboxylic acid groups (broad SMARTS) is 1. The van der Waals surface area contributed by atoms with Crippen LogP contribution in [0.25, 0.3) is 0 Å². The van der Waals surface area contributed by atoms with Crippen LogP contribution in [0.15, 0.2) is 12.2 Å². The highest BCUT2D eigenvalue weighted by Gasteiger charge is 2.52. The molecule has 1 fully saturated rings. The molecule has 0 aromatic rings. The lowest BCUT2D eigenvalue weighted by atomic mass is 9.83. The summed E-state index contributed by atoms with van der Waals surface area (Å²) in [6, 6.07) is 0. The van der Waals surface area contributed by atoms with Gasteiger partial charge in [0.25, 0.3) is 0 Å². The summed E-state index contributed by atoms with van der Waals surface area (Å²) in [7, 11) is 0. The van der Waals surface area contributed by atoms with Gasteiger partial charge in [0.05, 0.1) is 18.4 Å². The first-order valence-electron chi connectivity index (χ1n) is 5.23. The molecule has 0 amide bonds. The second kappa shape index (κ2) is 3.68. The van der Waals surface area contributed by atoms with E-state index < -0.39 is 17.8 Å². The second-order valence-electron chi connectivity index (χ2n) is 4.09. The van der Waals surface area contributed by atoms with Crippen molar-refractivity contribution in [2.24, 2.45) is 23.7 Å². The van der Waals surface area contributed by atoms with Gasteiger partial charge in [0.15, 0.2) is 0 Å². The van der Waals surface area contributed by atoms with Crippen LogP contribution in [0.4, 0.5) is 0 Å². The van der Waals surface area contributed by atoms with Gasteiger partial charge in [-0.05, 0) is 25.2 Å². The highest BCUT2D eigenvalue weighted by molar-refractivity contribution is 5.83. The summed E-state index contributed by atoms with van der Waals surface area (Å²) in [4.78, 5) is 22.7. The molecule has 82 valence electrons. The Bertz CT molecular complexity index is 321. The molecular weight excluding hydrogens is 196 g/mol. The molecule has 0 heterocycles. The zero-order valence-electron chi connectivity index (χ0n) is 8.55. The maximum absolute atomic E-state index is 11.6. The van der Waals surface area contributed by atoms with Gasteiger partial charge < -0.3 is 9.84 Å². The van der Waals surface area contributed by atoms with E-state index in [1.54, 1.807) is 6.92 Å². The molecule has 2 rings (SSSR count). The molecule has 4 unspecified atom stereocenters. The first kappa shape index (κ1) is 10.2. The Morgan fingerprint density at radius 2 is 1.93 bits per heavy atom. The van der Waals surface area contributed by atoms with E-state index in [-0.39, 0.29) is 17.8 Å². The van der Waals surface area contributed by atoms with Crippen molar-refractivity contribution in [3.8, 4) is 0 Å². The van der Waals surface area contributed by atoms with Crippen molar-refractivity contribution >= 4 is 11.9 Å². The van der Waals surface area contributed by atoms with Gasteiger partial charge in [-0.25, -0.2) is 0 Å². The van der Waals surface area contributed by atoms with E-state index in [2.05, 4.69) is 0 Å². The van der Waals surface area contributed by atoms with Crippen LogP contribution < -0.4 is 0 Å². The maximum Gasteiger partial charge on any atom is 0.310 e. The van der Waals surface area contributed by atoms with Crippen molar-refractivity contribution in [3.05, 3.63) is 12.2 Å². The number of carbonyl (C=O) groups excluding carboxylic acids is 1. The first-order valence-corrected chi connectivity index (χ1v) is 5.23. The van der Waals surface area contributed by atoms with Gasteiger partial charge in [-0.3, -0.25) is 9.59 Å². The van der Waals surface area contributed by atoms with E-state index in [1.165, 1.54) is 0 Å². The fraction of sp³-hybridized carbons (Fsp3) is 0.636. The number of hydrogen-bond donors (Lipinski definition) is 1. The summed E-state index contributed by atoms with van der Waals surface area (Å²) in [6.07, 6.45) is 4.64. The third-order valence-corrected chi connectivity index (χ3v) is 3.30. The van der Waals surface area contributed by atoms with Crippen LogP contribution in [0.3, 0.4) is 0 Å². The van der Waals surface area contributed by atoms with Crippen LogP contribution in [-0.2, 0) is 14.3 Å². The predicted octanol–water partition coefficient (Wildman–Crippen LogP) is 1.07. The predicted molar refractivity (Wildman–Crippen MR) is 52.0 cm³/mol. The molecular formula is C11H14O4. The van der Waals surface area contributed by atoms with Gasteiger partial charge >= 0.3 is 11.9 Å². The number of fused-ring (bicyclic) bond motifs is 2. The van der Waals surface area contributed by atoms with Crippen LogP contribution in [-0.4, -0.2) is 23.7 Å². The summed E-state index contributed by atoms with van der Waals surface area (Å²) in [5, 5.41) is 9.08. The number of allylic oxidation sites excluding steroid dienone is 2. The molecule has 1 N–H and O–H groups in total. The second-order valence-corrected chi connectivity index (χ2v) is 4.09. The highest BCUT2D eigenvalue weighted by atomic mass is 16.5. The Kier molecular flexibility index (Phi) is 2.50. The number of carbonyl (C=O) groups is 2. The quantitative estimate of drug-likeness (QED) is 0.559. The summed E-state index contributed by atoms with van der Waals surface area (Å²) in [6.45, 7) is 2.04. The average Bonchev–Trinajstić information content (AvgIpc) is 2.76. The molecule has 2 bridgehead atoms. The molecule has 2 aliphatic carbocycles. The van der Waals surface area contributed by atoms with Crippen LogP contribution in [0, 0.1) is 23.7 Å². The summed E-state index contributed by atoms with van der Waals surface area (Å²) in [5.74, 6) is -2.22. The van der Waals surface area contributed by atoms with E-state index in [0.29, 0.717) is 6.61 Å². The Balaban J connectivity index is 2.19. The number of aliphatic carboxylic acids is 1. The van der Waals surface area contributed by atoms with Crippen LogP contribution in [0.1, 0.15) is 13.3 Å². The molecule has 4 heteroatoms. The standard InChI is InChI=1S/C11H14O4/c1-2-15-11(14)9-7-4-3-6(5-7)8(9)10(12)13/h3-4,6-9H,2,5H2,1H3,(H,12,13). The third kappa shape index (κ3) is 1.54. The fourth-order valence-corrected chi connectivity index (χ4v) is 2.72. The molecule has 1 saturated carbocycles. The van der Waals surface area contributed by atoms with Gasteiger partial charge in [0, 0.05) is 0 Å². The SMILES string of the molecule is CCOC(=O)C1C2C=CC(C2)C1C(=O)O. The fourth-order valence-electron chi connectivity index (χ4n) is 2.72. The number of esters is 1. The minimum absolute atomic E-state index is 0.0157. The molecule has 2 aliphatic rings. The van der Waals surface area contributed by atoms with Gasteiger partial charge in [0.1, 0.15) is 0 Å². The normalized spacial score (nSPS) is 36.9. The number of ether oxygens (including phenoxy) is 1. The van der Waals surface area contributed by atoms with Crippen LogP contribution in [0.2, 0.25) is 0 Å². The summed E-state index contributed by atoms with van der Waals surface area (Å²) >= 11 is 0. The van der Waals surface area contributed by atoms with Crippen molar-refractivity contribution in [1.82, 2.24) is 0 Å². The highest BCUT2D eigenvalue weighted by Crippen LogP contribution is 2.48. The van der Waals surface area contributed by atoms with Crippen molar-refractivity contribution in [3.63, 3.8) is 0 Å². The topological polar surface area (TPSA) is 63.6 Å². The molecule has 15 heavy (non-hydrogen) atoms. The van der Waals surface area contributed by atoms with E-state index in [9.17, 15) is 9.59 Å². The Hall–Kier alpha value is -1.32. The van der Waals surface area contributed by atoms with Gasteiger partial charge in [-0.15, -0.1) is 0 Å². The molecule has 0 aliphatic heterocycles. The van der Waals surface area contributed by atoms with Crippen molar-refractivity contribution in [2.75, 3.05) is 6.61 Å². The molecule has 0 spiro atoms. The van der Waals surface area contributed by atoms with Gasteiger partial charge in [-0.2, -0.15) is 0 Å². The zero-order valence-corrected chi connectivity index (χ0v) is 8.55. The van der Waals surface area contributed by atoms with E-state index >= 15 is 0 Å². The largest absolute Gasteiger partial charge is 0.481 e. The van der Waals surface area contributed by atoms with Crippen molar-refractivity contribution < 1.29 is 19.4 Å². The number of carboxylic acids is 1.